The highest BCUT2D eigenvalue weighted by Gasteiger charge is 2.26. The molecule has 1 fully saturated rings. The Morgan fingerprint density at radius 1 is 1.28 bits per heavy atom. The highest BCUT2D eigenvalue weighted by molar-refractivity contribution is 7.85. The van der Waals surface area contributed by atoms with Gasteiger partial charge < -0.3 is 4.90 Å². The average molecular weight is 265 g/mol. The van der Waals surface area contributed by atoms with Crippen molar-refractivity contribution in [2.24, 2.45) is 0 Å². The van der Waals surface area contributed by atoms with Crippen LogP contribution in [-0.4, -0.2) is 39.6 Å². The molecule has 18 heavy (non-hydrogen) atoms. The van der Waals surface area contributed by atoms with Crippen LogP contribution in [0.4, 0.5) is 0 Å². The zero-order valence-electron chi connectivity index (χ0n) is 10.7. The van der Waals surface area contributed by atoms with Crippen LogP contribution in [0.25, 0.3) is 0 Å². The summed E-state index contributed by atoms with van der Waals surface area (Å²) >= 11 is 0. The molecule has 0 N–H and O–H groups in total. The summed E-state index contributed by atoms with van der Waals surface area (Å²) in [6.45, 7) is 3.31. The van der Waals surface area contributed by atoms with E-state index in [0.717, 1.165) is 12.0 Å². The van der Waals surface area contributed by atoms with E-state index in [2.05, 4.69) is 0 Å². The summed E-state index contributed by atoms with van der Waals surface area (Å²) < 4.78 is 11.3. The van der Waals surface area contributed by atoms with Gasteiger partial charge in [0.1, 0.15) is 0 Å². The molecule has 1 aliphatic heterocycles. The van der Waals surface area contributed by atoms with Crippen LogP contribution in [0.1, 0.15) is 24.8 Å². The van der Waals surface area contributed by atoms with Gasteiger partial charge in [0.2, 0.25) is 5.91 Å². The summed E-state index contributed by atoms with van der Waals surface area (Å²) in [5, 5.41) is 0. The van der Waals surface area contributed by atoms with Crippen molar-refractivity contribution in [2.45, 2.75) is 19.3 Å². The zero-order chi connectivity index (χ0) is 13.0. The van der Waals surface area contributed by atoms with Crippen LogP contribution in [0.2, 0.25) is 0 Å². The highest BCUT2D eigenvalue weighted by Crippen LogP contribution is 2.22. The third-order valence-electron chi connectivity index (χ3n) is 3.40. The van der Waals surface area contributed by atoms with E-state index in [9.17, 15) is 9.00 Å². The summed E-state index contributed by atoms with van der Waals surface area (Å²) in [4.78, 5) is 14.3. The zero-order valence-corrected chi connectivity index (χ0v) is 11.5. The quantitative estimate of drug-likeness (QED) is 0.835. The highest BCUT2D eigenvalue weighted by atomic mass is 32.2. The molecule has 1 heterocycles. The maximum atomic E-state index is 12.5. The topological polar surface area (TPSA) is 37.4 Å². The minimum atomic E-state index is -0.731. The van der Waals surface area contributed by atoms with E-state index in [0.29, 0.717) is 24.6 Å². The van der Waals surface area contributed by atoms with Crippen molar-refractivity contribution in [3.63, 3.8) is 0 Å². The summed E-state index contributed by atoms with van der Waals surface area (Å²) in [5.41, 5.74) is 1.08. The molecule has 2 rings (SSSR count). The van der Waals surface area contributed by atoms with Crippen LogP contribution in [-0.2, 0) is 15.6 Å². The second kappa shape index (κ2) is 6.14. The molecule has 1 aromatic rings. The maximum absolute atomic E-state index is 12.5. The standard InChI is InChI=1S/C14H19NO2S/c1-2-13(12-6-4-3-5-7-12)14(16)15-8-10-18(17)11-9-15/h3-7,13H,2,8-11H2,1H3/t13-/m0/s1. The van der Waals surface area contributed by atoms with Gasteiger partial charge in [-0.05, 0) is 12.0 Å². The van der Waals surface area contributed by atoms with Crippen LogP contribution >= 0.6 is 0 Å². The lowest BCUT2D eigenvalue weighted by Gasteiger charge is -2.30. The van der Waals surface area contributed by atoms with Gasteiger partial charge in [0.15, 0.2) is 0 Å². The van der Waals surface area contributed by atoms with Gasteiger partial charge in [0.05, 0.1) is 5.92 Å². The SMILES string of the molecule is CC[C@H](C(=O)N1CCS(=O)CC1)c1ccccc1. The van der Waals surface area contributed by atoms with Gasteiger partial charge in [-0.2, -0.15) is 0 Å². The third kappa shape index (κ3) is 2.99. The molecule has 3 nitrogen and oxygen atoms in total. The summed E-state index contributed by atoms with van der Waals surface area (Å²) in [6.07, 6.45) is 0.808. The molecule has 0 unspecified atom stereocenters. The average Bonchev–Trinajstić information content (AvgIpc) is 2.41. The smallest absolute Gasteiger partial charge is 0.230 e. The number of rotatable bonds is 3. The van der Waals surface area contributed by atoms with Gasteiger partial charge in [-0.15, -0.1) is 0 Å². The first-order chi connectivity index (χ1) is 8.72. The number of nitrogens with zero attached hydrogens (tertiary/aromatic N) is 1. The summed E-state index contributed by atoms with van der Waals surface area (Å²) in [6, 6.07) is 9.92. The fraction of sp³-hybridized carbons (Fsp3) is 0.500. The first-order valence-electron chi connectivity index (χ1n) is 6.41. The van der Waals surface area contributed by atoms with Crippen molar-refractivity contribution in [3.8, 4) is 0 Å². The van der Waals surface area contributed by atoms with Gasteiger partial charge >= 0.3 is 0 Å². The Labute approximate surface area is 111 Å². The third-order valence-corrected chi connectivity index (χ3v) is 4.67. The van der Waals surface area contributed by atoms with E-state index >= 15 is 0 Å². The lowest BCUT2D eigenvalue weighted by atomic mass is 9.95. The van der Waals surface area contributed by atoms with Crippen molar-refractivity contribution >= 4 is 16.7 Å². The van der Waals surface area contributed by atoms with Crippen LogP contribution in [0, 0.1) is 0 Å². The lowest BCUT2D eigenvalue weighted by molar-refractivity contribution is -0.132. The van der Waals surface area contributed by atoms with Crippen molar-refractivity contribution in [2.75, 3.05) is 24.6 Å². The number of amides is 1. The van der Waals surface area contributed by atoms with Gasteiger partial charge in [0.25, 0.3) is 0 Å². The molecule has 0 aliphatic carbocycles. The monoisotopic (exact) mass is 265 g/mol. The molecule has 1 amide bonds. The van der Waals surface area contributed by atoms with E-state index in [1.807, 2.05) is 42.2 Å². The van der Waals surface area contributed by atoms with Gasteiger partial charge in [-0.1, -0.05) is 37.3 Å². The first-order valence-corrected chi connectivity index (χ1v) is 7.90. The lowest BCUT2D eigenvalue weighted by Crippen LogP contribution is -2.43. The number of benzene rings is 1. The number of hydrogen-bond donors (Lipinski definition) is 0. The molecule has 0 spiro atoms. The minimum absolute atomic E-state index is 0.0577. The van der Waals surface area contributed by atoms with Crippen LogP contribution in [0.5, 0.6) is 0 Å². The van der Waals surface area contributed by atoms with Crippen molar-refractivity contribution in [1.29, 1.82) is 0 Å². The molecule has 0 radical (unpaired) electrons. The Kier molecular flexibility index (Phi) is 4.53. The number of hydrogen-bond acceptors (Lipinski definition) is 2. The largest absolute Gasteiger partial charge is 0.340 e. The summed E-state index contributed by atoms with van der Waals surface area (Å²) in [5.74, 6) is 1.37. The van der Waals surface area contributed by atoms with Gasteiger partial charge in [0, 0.05) is 35.4 Å². The molecule has 98 valence electrons. The Hall–Kier alpha value is -1.16. The van der Waals surface area contributed by atoms with Crippen molar-refractivity contribution in [1.82, 2.24) is 4.90 Å². The van der Waals surface area contributed by atoms with Crippen LogP contribution < -0.4 is 0 Å². The van der Waals surface area contributed by atoms with Gasteiger partial charge in [-0.25, -0.2) is 0 Å². The molecular formula is C14H19NO2S. The Balaban J connectivity index is 2.09. The van der Waals surface area contributed by atoms with E-state index in [-0.39, 0.29) is 11.8 Å². The van der Waals surface area contributed by atoms with Crippen LogP contribution in [0.15, 0.2) is 30.3 Å². The van der Waals surface area contributed by atoms with Crippen molar-refractivity contribution < 1.29 is 9.00 Å². The van der Waals surface area contributed by atoms with E-state index in [4.69, 9.17) is 0 Å². The molecule has 0 bridgehead atoms. The predicted octanol–water partition coefficient (Wildman–Crippen LogP) is 1.77. The molecule has 1 atom stereocenters. The normalized spacial score (nSPS) is 18.6. The molecule has 4 heteroatoms. The molecule has 1 aliphatic rings. The number of carbonyl (C=O) groups excluding carboxylic acids is 1. The molecule has 1 aromatic carbocycles. The molecule has 1 saturated heterocycles. The maximum Gasteiger partial charge on any atom is 0.230 e. The molecule has 0 saturated carbocycles. The summed E-state index contributed by atoms with van der Waals surface area (Å²) in [7, 11) is -0.731. The van der Waals surface area contributed by atoms with E-state index in [1.165, 1.54) is 0 Å². The van der Waals surface area contributed by atoms with E-state index < -0.39 is 10.8 Å². The Morgan fingerprint density at radius 3 is 2.44 bits per heavy atom. The van der Waals surface area contributed by atoms with Crippen LogP contribution in [0.3, 0.4) is 0 Å². The molecular weight excluding hydrogens is 246 g/mol. The second-order valence-corrected chi connectivity index (χ2v) is 6.24. The predicted molar refractivity (Wildman–Crippen MR) is 73.9 cm³/mol. The van der Waals surface area contributed by atoms with Crippen molar-refractivity contribution in [3.05, 3.63) is 35.9 Å². The minimum Gasteiger partial charge on any atom is -0.340 e. The number of carbonyl (C=O) groups is 1. The second-order valence-electron chi connectivity index (χ2n) is 4.54. The fourth-order valence-corrected chi connectivity index (χ4v) is 3.37. The Bertz CT molecular complexity index is 423. The Morgan fingerprint density at radius 2 is 1.89 bits per heavy atom. The molecule has 0 aromatic heterocycles. The fourth-order valence-electron chi connectivity index (χ4n) is 2.32. The first kappa shape index (κ1) is 13.3. The van der Waals surface area contributed by atoms with Gasteiger partial charge in [-0.3, -0.25) is 9.00 Å². The van der Waals surface area contributed by atoms with E-state index in [1.54, 1.807) is 0 Å².